The molecule has 2 saturated heterocycles. The zero-order valence-electron chi connectivity index (χ0n) is 16.0. The van der Waals surface area contributed by atoms with Gasteiger partial charge < -0.3 is 14.2 Å². The number of nitrogens with zero attached hydrogens (tertiary/aromatic N) is 4. The van der Waals surface area contributed by atoms with Gasteiger partial charge in [0.05, 0.1) is 17.5 Å². The fourth-order valence-electron chi connectivity index (χ4n) is 3.80. The number of alkyl halides is 3. The largest absolute Gasteiger partial charge is 0.470 e. The van der Waals surface area contributed by atoms with Crippen molar-refractivity contribution in [2.24, 2.45) is 5.92 Å². The molecular weight excluding hydrogens is 464 g/mol. The molecule has 2 fully saturated rings. The molecule has 4 rings (SSSR count). The standard InChI is InChI=1S/C17H18F4N4O4S2/c18-13-2-1-12(30-13)11-9-24(16-23-22-15(29-16)17(19,20)21)5-6-25(11)14(26)10-3-7-31(27,28)8-4-10/h1-2,10-11H,3-9H2. The van der Waals surface area contributed by atoms with E-state index in [4.69, 9.17) is 4.42 Å². The molecule has 0 spiro atoms. The molecule has 2 aliphatic rings. The molecule has 0 bridgehead atoms. The number of carbonyl (C=O) groups is 1. The minimum atomic E-state index is -4.78. The lowest BCUT2D eigenvalue weighted by Crippen LogP contribution is -2.52. The second-order valence-corrected chi connectivity index (χ2v) is 10.8. The highest BCUT2D eigenvalue weighted by Gasteiger charge is 2.41. The van der Waals surface area contributed by atoms with E-state index in [-0.39, 0.29) is 55.9 Å². The molecule has 1 amide bonds. The SMILES string of the molecule is O=C(C1CCS(=O)(=O)CC1)N1CCN(c2nnc(C(F)(F)F)o2)CC1c1ccc(F)s1. The number of rotatable bonds is 3. The first-order valence-corrected chi connectivity index (χ1v) is 12.1. The van der Waals surface area contributed by atoms with Crippen LogP contribution in [0.25, 0.3) is 0 Å². The summed E-state index contributed by atoms with van der Waals surface area (Å²) in [5, 5.41) is 6.03. The highest BCUT2D eigenvalue weighted by atomic mass is 32.2. The third-order valence-electron chi connectivity index (χ3n) is 5.42. The molecule has 2 aliphatic heterocycles. The summed E-state index contributed by atoms with van der Waals surface area (Å²) in [5.41, 5.74) is 0. The molecule has 170 valence electrons. The van der Waals surface area contributed by atoms with Gasteiger partial charge in [0.25, 0.3) is 0 Å². The van der Waals surface area contributed by atoms with Crippen molar-refractivity contribution < 1.29 is 35.2 Å². The summed E-state index contributed by atoms with van der Waals surface area (Å²) in [5.74, 6) is -2.31. The lowest BCUT2D eigenvalue weighted by molar-refractivity contribution is -0.157. The van der Waals surface area contributed by atoms with Crippen molar-refractivity contribution in [2.75, 3.05) is 36.0 Å². The van der Waals surface area contributed by atoms with E-state index < -0.39 is 39.0 Å². The Morgan fingerprint density at radius 1 is 1.16 bits per heavy atom. The van der Waals surface area contributed by atoms with E-state index >= 15 is 0 Å². The normalized spacial score (nSPS) is 22.6. The molecule has 2 aromatic rings. The summed E-state index contributed by atoms with van der Waals surface area (Å²) in [7, 11) is -3.14. The van der Waals surface area contributed by atoms with Crippen LogP contribution in [0, 0.1) is 11.0 Å². The van der Waals surface area contributed by atoms with Crippen LogP contribution in [-0.2, 0) is 20.8 Å². The van der Waals surface area contributed by atoms with Gasteiger partial charge >= 0.3 is 18.1 Å². The van der Waals surface area contributed by atoms with Crippen LogP contribution in [0.15, 0.2) is 16.5 Å². The molecule has 0 radical (unpaired) electrons. The van der Waals surface area contributed by atoms with Gasteiger partial charge in [-0.2, -0.15) is 17.6 Å². The number of amides is 1. The van der Waals surface area contributed by atoms with Crippen LogP contribution in [0.5, 0.6) is 0 Å². The van der Waals surface area contributed by atoms with Gasteiger partial charge in [0, 0.05) is 30.4 Å². The van der Waals surface area contributed by atoms with Gasteiger partial charge in [0.2, 0.25) is 5.91 Å². The number of hydrogen-bond donors (Lipinski definition) is 0. The molecule has 31 heavy (non-hydrogen) atoms. The lowest BCUT2D eigenvalue weighted by atomic mass is 9.98. The number of piperazine rings is 1. The van der Waals surface area contributed by atoms with Crippen molar-refractivity contribution in [3.63, 3.8) is 0 Å². The van der Waals surface area contributed by atoms with Crippen molar-refractivity contribution in [2.45, 2.75) is 25.1 Å². The third-order valence-corrected chi connectivity index (χ3v) is 8.11. The molecule has 2 aromatic heterocycles. The van der Waals surface area contributed by atoms with Crippen LogP contribution in [0.4, 0.5) is 23.6 Å². The molecule has 4 heterocycles. The topological polar surface area (TPSA) is 96.6 Å². The van der Waals surface area contributed by atoms with Crippen LogP contribution in [0.1, 0.15) is 29.7 Å². The minimum Gasteiger partial charge on any atom is -0.399 e. The number of anilines is 1. The Kier molecular flexibility index (Phi) is 5.70. The van der Waals surface area contributed by atoms with Crippen LogP contribution in [0.2, 0.25) is 0 Å². The first-order valence-electron chi connectivity index (χ1n) is 9.45. The molecule has 8 nitrogen and oxygen atoms in total. The van der Waals surface area contributed by atoms with E-state index in [0.717, 1.165) is 11.3 Å². The van der Waals surface area contributed by atoms with Gasteiger partial charge in [-0.1, -0.05) is 5.10 Å². The van der Waals surface area contributed by atoms with E-state index in [0.29, 0.717) is 4.88 Å². The van der Waals surface area contributed by atoms with Crippen LogP contribution < -0.4 is 4.90 Å². The predicted octanol–water partition coefficient (Wildman–Crippen LogP) is 2.50. The molecule has 14 heteroatoms. The third kappa shape index (κ3) is 4.68. The Morgan fingerprint density at radius 2 is 1.87 bits per heavy atom. The number of sulfone groups is 1. The second kappa shape index (κ2) is 8.04. The lowest BCUT2D eigenvalue weighted by Gasteiger charge is -2.42. The van der Waals surface area contributed by atoms with Gasteiger partial charge in [-0.05, 0) is 25.0 Å². The van der Waals surface area contributed by atoms with Crippen molar-refractivity contribution in [1.82, 2.24) is 15.1 Å². The maximum atomic E-state index is 13.7. The Labute approximate surface area is 178 Å². The van der Waals surface area contributed by atoms with E-state index in [1.807, 2.05) is 0 Å². The van der Waals surface area contributed by atoms with Crippen molar-refractivity contribution in [3.05, 3.63) is 28.0 Å². The highest BCUT2D eigenvalue weighted by Crippen LogP contribution is 2.36. The van der Waals surface area contributed by atoms with E-state index in [1.54, 1.807) is 4.90 Å². The van der Waals surface area contributed by atoms with Crippen molar-refractivity contribution in [3.8, 4) is 0 Å². The fourth-order valence-corrected chi connectivity index (χ4v) is 6.13. The molecule has 0 saturated carbocycles. The number of aromatic nitrogens is 2. The molecule has 1 atom stereocenters. The Balaban J connectivity index is 1.56. The fraction of sp³-hybridized carbons (Fsp3) is 0.588. The first kappa shape index (κ1) is 22.0. The van der Waals surface area contributed by atoms with Gasteiger partial charge in [-0.3, -0.25) is 4.79 Å². The Morgan fingerprint density at radius 3 is 2.45 bits per heavy atom. The summed E-state index contributed by atoms with van der Waals surface area (Å²) in [6.45, 7) is 0.312. The molecule has 0 N–H and O–H groups in total. The maximum absolute atomic E-state index is 13.7. The summed E-state index contributed by atoms with van der Waals surface area (Å²) in [6, 6.07) is 1.80. The Bertz CT molecular complexity index is 1050. The zero-order valence-corrected chi connectivity index (χ0v) is 17.6. The van der Waals surface area contributed by atoms with Gasteiger partial charge in [-0.15, -0.1) is 16.4 Å². The van der Waals surface area contributed by atoms with Gasteiger partial charge in [0.15, 0.2) is 5.13 Å². The quantitative estimate of drug-likeness (QED) is 0.620. The van der Waals surface area contributed by atoms with E-state index in [1.165, 1.54) is 17.0 Å². The Hall–Kier alpha value is -2.22. The van der Waals surface area contributed by atoms with Crippen LogP contribution in [-0.4, -0.2) is 60.6 Å². The number of hydrogen-bond acceptors (Lipinski definition) is 8. The average Bonchev–Trinajstić information content (AvgIpc) is 3.36. The monoisotopic (exact) mass is 482 g/mol. The summed E-state index contributed by atoms with van der Waals surface area (Å²) in [6.07, 6.45) is -4.35. The number of thiophene rings is 1. The molecule has 1 unspecified atom stereocenters. The number of halogens is 4. The van der Waals surface area contributed by atoms with Crippen LogP contribution >= 0.6 is 11.3 Å². The molecule has 0 aromatic carbocycles. The smallest absolute Gasteiger partial charge is 0.399 e. The van der Waals surface area contributed by atoms with E-state index in [2.05, 4.69) is 10.2 Å². The zero-order chi connectivity index (χ0) is 22.4. The maximum Gasteiger partial charge on any atom is 0.470 e. The second-order valence-electron chi connectivity index (χ2n) is 7.45. The summed E-state index contributed by atoms with van der Waals surface area (Å²) in [4.78, 5) is 16.7. The molecular formula is C17H18F4N4O4S2. The van der Waals surface area contributed by atoms with Crippen molar-refractivity contribution >= 4 is 33.1 Å². The van der Waals surface area contributed by atoms with Gasteiger partial charge in [0.1, 0.15) is 9.84 Å². The highest BCUT2D eigenvalue weighted by molar-refractivity contribution is 7.91. The molecule has 0 aliphatic carbocycles. The van der Waals surface area contributed by atoms with Gasteiger partial charge in [-0.25, -0.2) is 8.42 Å². The first-order chi connectivity index (χ1) is 14.5. The van der Waals surface area contributed by atoms with Crippen molar-refractivity contribution in [1.29, 1.82) is 0 Å². The van der Waals surface area contributed by atoms with Crippen LogP contribution in [0.3, 0.4) is 0 Å². The summed E-state index contributed by atoms with van der Waals surface area (Å²) >= 11 is 0.839. The number of carbonyl (C=O) groups excluding carboxylic acids is 1. The predicted molar refractivity (Wildman–Crippen MR) is 102 cm³/mol. The van der Waals surface area contributed by atoms with E-state index in [9.17, 15) is 30.8 Å². The average molecular weight is 482 g/mol. The minimum absolute atomic E-state index is 0.0379. The summed E-state index contributed by atoms with van der Waals surface area (Å²) < 4.78 is 80.2.